The lowest BCUT2D eigenvalue weighted by Crippen LogP contribution is -2.58. The maximum Gasteiger partial charge on any atom is 0.306 e. The van der Waals surface area contributed by atoms with Gasteiger partial charge in [0, 0.05) is 34.7 Å². The molecule has 2 aliphatic heterocycles. The molecule has 0 bridgehead atoms. The Morgan fingerprint density at radius 1 is 0.866 bits per heavy atom. The summed E-state index contributed by atoms with van der Waals surface area (Å²) in [5.41, 5.74) is 10.2. The van der Waals surface area contributed by atoms with Gasteiger partial charge in [-0.2, -0.15) is 0 Å². The minimum atomic E-state index is -0.973. The normalized spacial score (nSPS) is 17.7. The van der Waals surface area contributed by atoms with Crippen molar-refractivity contribution in [3.05, 3.63) is 123 Å². The fourth-order valence-electron chi connectivity index (χ4n) is 8.70. The van der Waals surface area contributed by atoms with Gasteiger partial charge in [-0.05, 0) is 80.0 Å². The Bertz CT molecular complexity index is 2860. The molecular weight excluding hydrogens is 887 g/mol. The number of aliphatic imine (C=N–C) groups is 1. The molecule has 3 aromatic carbocycles. The Morgan fingerprint density at radius 3 is 2.13 bits per heavy atom. The molecule has 6 aromatic rings. The van der Waals surface area contributed by atoms with E-state index in [2.05, 4.69) is 45.0 Å². The van der Waals surface area contributed by atoms with E-state index in [-0.39, 0.29) is 37.9 Å². The van der Waals surface area contributed by atoms with Gasteiger partial charge in [-0.3, -0.25) is 28.7 Å². The molecule has 5 heterocycles. The van der Waals surface area contributed by atoms with E-state index < -0.39 is 47.4 Å². The topological polar surface area (TPSA) is 204 Å². The van der Waals surface area contributed by atoms with Crippen molar-refractivity contribution in [2.24, 2.45) is 10.4 Å². The number of carbonyl (C=O) groups excluding carboxylic acids is 3. The molecule has 1 saturated heterocycles. The summed E-state index contributed by atoms with van der Waals surface area (Å²) in [6.45, 7) is 15.3. The Hall–Kier alpha value is -6.56. The van der Waals surface area contributed by atoms with E-state index in [4.69, 9.17) is 4.99 Å². The van der Waals surface area contributed by atoms with E-state index in [9.17, 15) is 29.4 Å². The smallest absolute Gasteiger partial charge is 0.306 e. The number of aliphatic hydroxyl groups excluding tert-OH is 1. The Balaban J connectivity index is 0.902. The van der Waals surface area contributed by atoms with Gasteiger partial charge >= 0.3 is 5.97 Å². The highest BCUT2D eigenvalue weighted by atomic mass is 32.1. The highest BCUT2D eigenvalue weighted by Crippen LogP contribution is 2.40. The number of benzene rings is 3. The average molecular weight is 942 g/mol. The van der Waals surface area contributed by atoms with Crippen molar-refractivity contribution in [3.8, 4) is 26.6 Å². The lowest BCUT2D eigenvalue weighted by Gasteiger charge is -2.35. The number of aromatic nitrogens is 4. The van der Waals surface area contributed by atoms with E-state index in [0.717, 1.165) is 59.4 Å². The highest BCUT2D eigenvalue weighted by Gasteiger charge is 2.45. The molecular formula is C50H55N9O6S2. The van der Waals surface area contributed by atoms with Crippen LogP contribution < -0.4 is 16.0 Å². The van der Waals surface area contributed by atoms with Gasteiger partial charge in [-0.25, -0.2) is 4.98 Å². The number of aliphatic hydroxyl groups is 1. The maximum atomic E-state index is 14.2. The first-order valence-electron chi connectivity index (χ1n) is 22.2. The highest BCUT2D eigenvalue weighted by molar-refractivity contribution is 7.15. The summed E-state index contributed by atoms with van der Waals surface area (Å²) < 4.78 is 1.94. The summed E-state index contributed by atoms with van der Waals surface area (Å²) in [5, 5.41) is 39.2. The predicted octanol–water partition coefficient (Wildman–Crippen LogP) is 7.50. The molecule has 3 amide bonds. The number of amides is 3. The molecule has 17 heteroatoms. The second-order valence-corrected chi connectivity index (χ2v) is 20.4. The number of rotatable bonds is 13. The molecule has 8 rings (SSSR count). The Kier molecular flexibility index (Phi) is 13.3. The summed E-state index contributed by atoms with van der Waals surface area (Å²) in [5.74, 6) is -1.00. The second-order valence-electron chi connectivity index (χ2n) is 18.4. The number of carboxylic acids is 1. The third-order valence-corrected chi connectivity index (χ3v) is 14.7. The number of aliphatic carboxylic acids is 1. The molecule has 15 nitrogen and oxygen atoms in total. The number of hydrogen-bond donors (Lipinski definition) is 5. The van der Waals surface area contributed by atoms with Crippen LogP contribution in [0.3, 0.4) is 0 Å². The number of nitrogens with zero attached hydrogens (tertiary/aromatic N) is 6. The quantitative estimate of drug-likeness (QED) is 0.0772. The molecule has 67 heavy (non-hydrogen) atoms. The zero-order chi connectivity index (χ0) is 47.9. The van der Waals surface area contributed by atoms with Crippen molar-refractivity contribution in [1.82, 2.24) is 35.3 Å². The van der Waals surface area contributed by atoms with Gasteiger partial charge in [0.1, 0.15) is 29.0 Å². The molecule has 348 valence electrons. The third kappa shape index (κ3) is 9.80. The predicted molar refractivity (Wildman–Crippen MR) is 261 cm³/mol. The van der Waals surface area contributed by atoms with Crippen LogP contribution in [0.1, 0.15) is 97.1 Å². The number of carbonyl (C=O) groups is 4. The first kappa shape index (κ1) is 47.0. The van der Waals surface area contributed by atoms with Crippen LogP contribution in [0.15, 0.2) is 83.3 Å². The first-order chi connectivity index (χ1) is 31.9. The van der Waals surface area contributed by atoms with Gasteiger partial charge in [-0.15, -0.1) is 32.9 Å². The van der Waals surface area contributed by atoms with Crippen molar-refractivity contribution in [2.45, 2.75) is 98.5 Å². The van der Waals surface area contributed by atoms with Crippen molar-refractivity contribution < 1.29 is 29.4 Å². The average Bonchev–Trinajstić information content (AvgIpc) is 4.06. The molecule has 1 fully saturated rings. The van der Waals surface area contributed by atoms with Crippen molar-refractivity contribution in [2.75, 3.05) is 18.4 Å². The zero-order valence-corrected chi connectivity index (χ0v) is 40.4. The summed E-state index contributed by atoms with van der Waals surface area (Å²) in [6, 6.07) is 20.6. The fraction of sp³-hybridized carbons (Fsp3) is 0.360. The van der Waals surface area contributed by atoms with Gasteiger partial charge in [-0.1, -0.05) is 81.4 Å². The molecule has 0 radical (unpaired) electrons. The van der Waals surface area contributed by atoms with Gasteiger partial charge < -0.3 is 31.1 Å². The van der Waals surface area contributed by atoms with Gasteiger partial charge in [0.2, 0.25) is 17.7 Å². The molecule has 3 aromatic heterocycles. The zero-order valence-electron chi connectivity index (χ0n) is 38.7. The SMILES string of the molecule is Cc1ncsc1-c1ccc([C@H](C)NC(=O)[C@@H]2C[C@@H](O)CN2C(=O)[C@@H](NC(=O)CNc2ccc(-c3ccc(C4=N[C@@H](CC(=O)O)c5nnc(C)n5-c5sc(C)c(C)c54)cc3)cc2)C(C)(C)C)cc1. The van der Waals surface area contributed by atoms with E-state index in [0.29, 0.717) is 23.0 Å². The van der Waals surface area contributed by atoms with Gasteiger partial charge in [0.05, 0.1) is 46.9 Å². The molecule has 0 unspecified atom stereocenters. The molecule has 0 saturated carbocycles. The number of thiazole rings is 1. The largest absolute Gasteiger partial charge is 0.481 e. The number of fused-ring (bicyclic) bond motifs is 3. The number of nitrogens with one attached hydrogen (secondary N) is 3. The van der Waals surface area contributed by atoms with Crippen LogP contribution in [0.25, 0.3) is 26.6 Å². The number of β-amino-alcohol motifs (C(OH)–C–C–N with tert-alkyl or cyclic N) is 1. The van der Waals surface area contributed by atoms with Crippen LogP contribution in [0.5, 0.6) is 0 Å². The van der Waals surface area contributed by atoms with Crippen LogP contribution in [-0.4, -0.2) is 95.5 Å². The van der Waals surface area contributed by atoms with Crippen LogP contribution in [0.2, 0.25) is 0 Å². The number of anilines is 1. The molecule has 0 spiro atoms. The van der Waals surface area contributed by atoms with Gasteiger partial charge in [0.15, 0.2) is 5.82 Å². The van der Waals surface area contributed by atoms with E-state index >= 15 is 0 Å². The summed E-state index contributed by atoms with van der Waals surface area (Å²) in [4.78, 5) is 66.4. The van der Waals surface area contributed by atoms with Crippen LogP contribution >= 0.6 is 22.7 Å². The lowest BCUT2D eigenvalue weighted by molar-refractivity contribution is -0.144. The number of thiophene rings is 1. The molecule has 0 aliphatic carbocycles. The van der Waals surface area contributed by atoms with E-state index in [1.165, 1.54) is 4.90 Å². The molecule has 2 aliphatic rings. The van der Waals surface area contributed by atoms with E-state index in [1.54, 1.807) is 22.7 Å². The minimum absolute atomic E-state index is 0.0226. The first-order valence-corrected chi connectivity index (χ1v) is 23.9. The van der Waals surface area contributed by atoms with E-state index in [1.807, 2.05) is 124 Å². The second kappa shape index (κ2) is 19.0. The third-order valence-electron chi connectivity index (χ3n) is 12.5. The number of carboxylic acid groups (broad SMARTS) is 1. The standard InChI is InChI=1S/C50H55N9O6S2/c1-26-29(4)67-49-42(26)43(54-38(22-41(62)63)46-57-56-30(5)59(46)49)34-13-11-32(12-14-34)33-17-19-36(20-18-33)51-23-40(61)55-45(50(6,7)8)48(65)58-24-37(60)21-39(58)47(64)53-27(2)31-9-15-35(16-10-31)44-28(3)52-25-66-44/h9-20,25,27,37-39,45,51,60H,21-24H2,1-8H3,(H,53,64)(H,55,61)(H,62,63)/t27-,37+,38-,39-,45+/m0/s1. The van der Waals surface area contributed by atoms with Crippen LogP contribution in [-0.2, 0) is 19.2 Å². The number of aryl methyl sites for hydroxylation is 3. The van der Waals surface area contributed by atoms with Crippen LogP contribution in [0, 0.1) is 33.1 Å². The summed E-state index contributed by atoms with van der Waals surface area (Å²) >= 11 is 3.19. The molecule has 5 atom stereocenters. The minimum Gasteiger partial charge on any atom is -0.481 e. The fourth-order valence-corrected chi connectivity index (χ4v) is 10.7. The Morgan fingerprint density at radius 2 is 1.51 bits per heavy atom. The lowest BCUT2D eigenvalue weighted by atomic mass is 9.85. The van der Waals surface area contributed by atoms with Crippen molar-refractivity contribution >= 4 is 57.8 Å². The van der Waals surface area contributed by atoms with Crippen molar-refractivity contribution in [1.29, 1.82) is 0 Å². The Labute approximate surface area is 397 Å². The monoisotopic (exact) mass is 941 g/mol. The number of hydrogen-bond acceptors (Lipinski definition) is 12. The number of likely N-dealkylation sites (tertiary alicyclic amines) is 1. The molecule has 5 N–H and O–H groups in total. The summed E-state index contributed by atoms with van der Waals surface area (Å²) in [6.07, 6.45) is -1.02. The van der Waals surface area contributed by atoms with Crippen LogP contribution in [0.4, 0.5) is 5.69 Å². The van der Waals surface area contributed by atoms with Gasteiger partial charge in [0.25, 0.3) is 0 Å². The summed E-state index contributed by atoms with van der Waals surface area (Å²) in [7, 11) is 0. The van der Waals surface area contributed by atoms with Crippen molar-refractivity contribution in [3.63, 3.8) is 0 Å². The maximum absolute atomic E-state index is 14.2.